The van der Waals surface area contributed by atoms with E-state index in [4.69, 9.17) is 13.8 Å². The van der Waals surface area contributed by atoms with Gasteiger partial charge in [-0.25, -0.2) is 4.79 Å². The van der Waals surface area contributed by atoms with Crippen molar-refractivity contribution in [2.45, 2.75) is 30.5 Å². The van der Waals surface area contributed by atoms with Crippen LogP contribution in [0.5, 0.6) is 5.75 Å². The molecule has 3 aromatic rings. The molecule has 1 aromatic heterocycles. The minimum Gasteiger partial charge on any atom is -0.496 e. The van der Waals surface area contributed by atoms with Gasteiger partial charge in [-0.3, -0.25) is 0 Å². The number of carbonyl (C=O) groups is 1. The summed E-state index contributed by atoms with van der Waals surface area (Å²) in [5, 5.41) is 2.14. The Labute approximate surface area is 197 Å². The number of thioether (sulfide) groups is 1. The zero-order valence-electron chi connectivity index (χ0n) is 18.8. The topological polar surface area (TPSA) is 52.9 Å². The first kappa shape index (κ1) is 23.0. The van der Waals surface area contributed by atoms with Crippen molar-refractivity contribution in [3.8, 4) is 17.0 Å². The number of methoxy groups -OCH3 is 1. The molecule has 0 N–H and O–H groups in total. The number of hydrogen-bond acceptors (Lipinski definition) is 7. The van der Waals surface area contributed by atoms with Gasteiger partial charge < -0.3 is 18.3 Å². The van der Waals surface area contributed by atoms with Crippen LogP contribution in [0.15, 0.2) is 47.4 Å². The number of nitrogens with zero attached hydrogens (tertiary/aromatic N) is 2. The first-order valence-electron chi connectivity index (χ1n) is 10.7. The lowest BCUT2D eigenvalue weighted by Gasteiger charge is -2.27. The second kappa shape index (κ2) is 10.2. The smallest absolute Gasteiger partial charge is 0.342 e. The summed E-state index contributed by atoms with van der Waals surface area (Å²) >= 11 is 2.90. The van der Waals surface area contributed by atoms with Crippen molar-refractivity contribution >= 4 is 40.7 Å². The molecule has 6 nitrogen and oxygen atoms in total. The lowest BCUT2D eigenvalue weighted by molar-refractivity contribution is -0.188. The minimum absolute atomic E-state index is 0.264. The number of carbonyl (C=O) groups excluding carboxylic acids is 1. The summed E-state index contributed by atoms with van der Waals surface area (Å²) in [7, 11) is 1.67. The number of benzene rings is 2. The maximum Gasteiger partial charge on any atom is 0.342 e. The van der Waals surface area contributed by atoms with Crippen molar-refractivity contribution < 1.29 is 18.6 Å². The Kier molecular flexibility index (Phi) is 7.35. The van der Waals surface area contributed by atoms with Crippen LogP contribution in [0, 0.1) is 0 Å². The number of ether oxygens (including phenoxy) is 1. The van der Waals surface area contributed by atoms with Gasteiger partial charge in [0.15, 0.2) is 0 Å². The summed E-state index contributed by atoms with van der Waals surface area (Å²) < 4.78 is 13.6. The third-order valence-corrected chi connectivity index (χ3v) is 7.29. The predicted octanol–water partition coefficient (Wildman–Crippen LogP) is 5.56. The molecule has 1 aliphatic heterocycles. The standard InChI is InChI=1S/C24H28N2O4S2/c1-5-25(6-2)30-24(27)23-21-20-17(11-9-12-18(20)28-3)26(14-15-29-31-4)22(21)16-10-7-8-13-19(16)32-23/h7-13,23H,5-6,14-15H2,1-4H3. The van der Waals surface area contributed by atoms with Crippen molar-refractivity contribution in [1.82, 2.24) is 9.63 Å². The summed E-state index contributed by atoms with van der Waals surface area (Å²) in [6.45, 7) is 6.45. The van der Waals surface area contributed by atoms with E-state index >= 15 is 0 Å². The van der Waals surface area contributed by atoms with E-state index in [1.54, 1.807) is 23.9 Å². The molecule has 0 fully saturated rings. The molecule has 2 aromatic carbocycles. The Morgan fingerprint density at radius 1 is 1.16 bits per heavy atom. The molecule has 8 heteroatoms. The van der Waals surface area contributed by atoms with E-state index in [0.717, 1.165) is 38.4 Å². The second-order valence-electron chi connectivity index (χ2n) is 7.28. The Bertz CT molecular complexity index is 1110. The Hall–Kier alpha value is -2.13. The molecule has 170 valence electrons. The van der Waals surface area contributed by atoms with Crippen LogP contribution in [-0.2, 0) is 20.4 Å². The quantitative estimate of drug-likeness (QED) is 0.230. The highest BCUT2D eigenvalue weighted by atomic mass is 32.2. The fourth-order valence-electron chi connectivity index (χ4n) is 4.20. The molecule has 0 aliphatic carbocycles. The lowest BCUT2D eigenvalue weighted by atomic mass is 10.0. The molecule has 0 radical (unpaired) electrons. The minimum atomic E-state index is -0.498. The van der Waals surface area contributed by atoms with Crippen LogP contribution < -0.4 is 4.74 Å². The van der Waals surface area contributed by atoms with Crippen LogP contribution in [0.25, 0.3) is 22.2 Å². The predicted molar refractivity (Wildman–Crippen MR) is 131 cm³/mol. The number of hydrogen-bond donors (Lipinski definition) is 0. The Balaban J connectivity index is 1.95. The van der Waals surface area contributed by atoms with Gasteiger partial charge in [-0.1, -0.05) is 24.3 Å². The average Bonchev–Trinajstić information content (AvgIpc) is 3.17. The fourth-order valence-corrected chi connectivity index (χ4v) is 5.63. The van der Waals surface area contributed by atoms with Crippen molar-refractivity contribution in [2.75, 3.05) is 33.1 Å². The van der Waals surface area contributed by atoms with Gasteiger partial charge in [-0.2, -0.15) is 0 Å². The van der Waals surface area contributed by atoms with Gasteiger partial charge in [0.1, 0.15) is 11.0 Å². The molecule has 1 aliphatic rings. The summed E-state index contributed by atoms with van der Waals surface area (Å²) in [5.74, 6) is 0.490. The molecule has 0 amide bonds. The summed E-state index contributed by atoms with van der Waals surface area (Å²) in [4.78, 5) is 20.3. The lowest BCUT2D eigenvalue weighted by Crippen LogP contribution is -2.29. The number of rotatable bonds is 9. The van der Waals surface area contributed by atoms with Crippen molar-refractivity contribution in [3.05, 3.63) is 48.0 Å². The third-order valence-electron chi connectivity index (χ3n) is 5.61. The van der Waals surface area contributed by atoms with Crippen LogP contribution in [0.1, 0.15) is 24.7 Å². The highest BCUT2D eigenvalue weighted by Crippen LogP contribution is 2.54. The number of aromatic nitrogens is 1. The molecule has 0 spiro atoms. The molecule has 0 saturated heterocycles. The zero-order chi connectivity index (χ0) is 22.7. The van der Waals surface area contributed by atoms with Crippen LogP contribution in [0.2, 0.25) is 0 Å². The first-order chi connectivity index (χ1) is 15.6. The third kappa shape index (κ3) is 4.12. The Morgan fingerprint density at radius 3 is 2.66 bits per heavy atom. The van der Waals surface area contributed by atoms with E-state index in [2.05, 4.69) is 22.8 Å². The molecule has 32 heavy (non-hydrogen) atoms. The van der Waals surface area contributed by atoms with Crippen molar-refractivity contribution in [3.63, 3.8) is 0 Å². The van der Waals surface area contributed by atoms with Gasteiger partial charge in [0.25, 0.3) is 0 Å². The molecule has 0 saturated carbocycles. The van der Waals surface area contributed by atoms with Gasteiger partial charge in [-0.15, -0.1) is 16.8 Å². The van der Waals surface area contributed by atoms with E-state index in [1.165, 1.54) is 12.0 Å². The van der Waals surface area contributed by atoms with Crippen molar-refractivity contribution in [2.24, 2.45) is 0 Å². The highest BCUT2D eigenvalue weighted by molar-refractivity contribution is 8.00. The highest BCUT2D eigenvalue weighted by Gasteiger charge is 2.38. The first-order valence-corrected chi connectivity index (χ1v) is 12.7. The second-order valence-corrected chi connectivity index (χ2v) is 8.99. The Morgan fingerprint density at radius 2 is 1.94 bits per heavy atom. The van der Waals surface area contributed by atoms with E-state index in [1.807, 2.05) is 44.4 Å². The molecule has 4 rings (SSSR count). The van der Waals surface area contributed by atoms with Crippen LogP contribution in [-0.4, -0.2) is 48.7 Å². The van der Waals surface area contributed by atoms with Gasteiger partial charge in [-0.05, 0) is 44.1 Å². The molecular weight excluding hydrogens is 444 g/mol. The molecular formula is C24H28N2O4S2. The monoisotopic (exact) mass is 472 g/mol. The normalized spacial score (nSPS) is 15.0. The average molecular weight is 473 g/mol. The maximum absolute atomic E-state index is 13.4. The van der Waals surface area contributed by atoms with Gasteiger partial charge >= 0.3 is 5.97 Å². The fraction of sp³-hybridized carbons (Fsp3) is 0.375. The molecule has 1 unspecified atom stereocenters. The summed E-state index contributed by atoms with van der Waals surface area (Å²) in [6.07, 6.45) is 1.91. The van der Waals surface area contributed by atoms with E-state index in [0.29, 0.717) is 26.2 Å². The zero-order valence-corrected chi connectivity index (χ0v) is 20.4. The molecule has 0 bridgehead atoms. The maximum atomic E-state index is 13.4. The molecule has 2 heterocycles. The molecule has 1 atom stereocenters. The number of fused-ring (bicyclic) bond motifs is 5. The van der Waals surface area contributed by atoms with E-state index in [9.17, 15) is 4.79 Å². The van der Waals surface area contributed by atoms with Crippen LogP contribution >= 0.6 is 23.8 Å². The summed E-state index contributed by atoms with van der Waals surface area (Å²) in [6, 6.07) is 14.2. The van der Waals surface area contributed by atoms with Crippen molar-refractivity contribution in [1.29, 1.82) is 0 Å². The van der Waals surface area contributed by atoms with Gasteiger partial charge in [0.2, 0.25) is 0 Å². The van der Waals surface area contributed by atoms with E-state index < -0.39 is 5.25 Å². The van der Waals surface area contributed by atoms with E-state index in [-0.39, 0.29) is 5.97 Å². The van der Waals surface area contributed by atoms with Crippen LogP contribution in [0.4, 0.5) is 0 Å². The van der Waals surface area contributed by atoms with Crippen LogP contribution in [0.3, 0.4) is 0 Å². The SMILES string of the molecule is CCN(CC)OC(=O)C1Sc2ccccc2-c2c1c1c(OC)cccc1n2CCOSC. The van der Waals surface area contributed by atoms with Gasteiger partial charge in [0, 0.05) is 47.3 Å². The number of hydroxylamine groups is 2. The van der Waals surface area contributed by atoms with Gasteiger partial charge in [0.05, 0.1) is 24.9 Å². The summed E-state index contributed by atoms with van der Waals surface area (Å²) in [5.41, 5.74) is 4.12. The largest absolute Gasteiger partial charge is 0.496 e.